The number of likely N-dealkylation sites (N-methyl/N-ethyl adjacent to an activating group) is 1. The van der Waals surface area contributed by atoms with Crippen molar-refractivity contribution in [3.8, 4) is 11.3 Å². The van der Waals surface area contributed by atoms with Gasteiger partial charge in [0.05, 0.1) is 16.1 Å². The zero-order valence-corrected chi connectivity index (χ0v) is 21.3. The summed E-state index contributed by atoms with van der Waals surface area (Å²) in [6.45, 7) is 4.63. The van der Waals surface area contributed by atoms with E-state index in [-0.39, 0.29) is 0 Å². The number of nitrogens with one attached hydrogen (secondary N) is 1. The number of amides is 1. The van der Waals surface area contributed by atoms with Gasteiger partial charge in [-0.2, -0.15) is 0 Å². The summed E-state index contributed by atoms with van der Waals surface area (Å²) in [7, 11) is 0.400. The van der Waals surface area contributed by atoms with Crippen molar-refractivity contribution in [2.75, 3.05) is 31.6 Å². The average molecular weight is 503 g/mol. The number of rotatable bonds is 12. The molecule has 4 rings (SSSR count). The number of pyridine rings is 1. The molecule has 9 heteroatoms. The van der Waals surface area contributed by atoms with Gasteiger partial charge in [-0.25, -0.2) is 23.9 Å². The molecule has 186 valence electrons. The maximum Gasteiger partial charge on any atom is 0.209 e. The molecule has 4 aromatic rings. The molecule has 2 aromatic heterocycles. The summed E-state index contributed by atoms with van der Waals surface area (Å²) in [5, 5.41) is 0. The molecule has 0 spiro atoms. The largest absolute Gasteiger partial charge is 0.353 e. The third-order valence-electron chi connectivity index (χ3n) is 5.75. The van der Waals surface area contributed by atoms with Gasteiger partial charge in [-0.15, -0.1) is 0 Å². The lowest BCUT2D eigenvalue weighted by Crippen LogP contribution is -2.34. The fourth-order valence-electron chi connectivity index (χ4n) is 3.84. The SMILES string of the molecule is CCCN(CCN(C)C=O)c1ncnc2ccc(-c3cccc(S(=O)NCc4ccccc4)c3)nc12. The Balaban J connectivity index is 1.61. The molecule has 0 fully saturated rings. The topological polar surface area (TPSA) is 91.3 Å². The molecule has 36 heavy (non-hydrogen) atoms. The Bertz CT molecular complexity index is 1330. The second kappa shape index (κ2) is 12.3. The van der Waals surface area contributed by atoms with Crippen molar-refractivity contribution < 1.29 is 9.00 Å². The number of aromatic nitrogens is 3. The molecule has 1 unspecified atom stereocenters. The van der Waals surface area contributed by atoms with E-state index in [2.05, 4.69) is 26.5 Å². The normalized spacial score (nSPS) is 11.8. The van der Waals surface area contributed by atoms with Crippen molar-refractivity contribution in [3.05, 3.63) is 78.6 Å². The van der Waals surface area contributed by atoms with Crippen LogP contribution in [0.3, 0.4) is 0 Å². The van der Waals surface area contributed by atoms with Gasteiger partial charge in [0.2, 0.25) is 6.41 Å². The molecule has 8 nitrogen and oxygen atoms in total. The quantitative estimate of drug-likeness (QED) is 0.296. The second-order valence-corrected chi connectivity index (χ2v) is 9.74. The van der Waals surface area contributed by atoms with E-state index in [0.717, 1.165) is 47.5 Å². The van der Waals surface area contributed by atoms with Crippen LogP contribution in [0.5, 0.6) is 0 Å². The lowest BCUT2D eigenvalue weighted by Gasteiger charge is -2.25. The number of carbonyl (C=O) groups is 1. The number of hydrogen-bond acceptors (Lipinski definition) is 6. The highest BCUT2D eigenvalue weighted by Gasteiger charge is 2.15. The maximum atomic E-state index is 12.9. The minimum atomic E-state index is -1.36. The molecule has 1 N–H and O–H groups in total. The Morgan fingerprint density at radius 1 is 0.972 bits per heavy atom. The van der Waals surface area contributed by atoms with Crippen molar-refractivity contribution in [2.45, 2.75) is 24.8 Å². The molecule has 1 amide bonds. The highest BCUT2D eigenvalue weighted by molar-refractivity contribution is 7.83. The van der Waals surface area contributed by atoms with Gasteiger partial charge < -0.3 is 9.80 Å². The zero-order valence-electron chi connectivity index (χ0n) is 20.5. The van der Waals surface area contributed by atoms with Gasteiger partial charge in [-0.05, 0) is 36.2 Å². The van der Waals surface area contributed by atoms with Crippen LogP contribution in [0.15, 0.2) is 78.0 Å². The Morgan fingerprint density at radius 2 is 1.81 bits per heavy atom. The van der Waals surface area contributed by atoms with Crippen LogP contribution in [-0.4, -0.2) is 57.2 Å². The summed E-state index contributed by atoms with van der Waals surface area (Å²) in [5.41, 5.74) is 4.13. The smallest absolute Gasteiger partial charge is 0.209 e. The fraction of sp³-hybridized carbons (Fsp3) is 0.259. The molecule has 2 heterocycles. The van der Waals surface area contributed by atoms with E-state index in [0.29, 0.717) is 30.0 Å². The van der Waals surface area contributed by atoms with Crippen LogP contribution in [0.25, 0.3) is 22.3 Å². The summed E-state index contributed by atoms with van der Waals surface area (Å²) in [6, 6.07) is 21.3. The van der Waals surface area contributed by atoms with E-state index in [9.17, 15) is 9.00 Å². The van der Waals surface area contributed by atoms with E-state index in [1.807, 2.05) is 66.7 Å². The van der Waals surface area contributed by atoms with Crippen LogP contribution in [-0.2, 0) is 22.3 Å². The van der Waals surface area contributed by atoms with Crippen molar-refractivity contribution >= 4 is 34.2 Å². The standard InChI is InChI=1S/C27H30N6O2S/c1-3-14-33(16-15-32(2)20-34)27-26-25(28-19-29-27)13-12-24(31-26)22-10-7-11-23(17-22)36(35)30-18-21-8-5-4-6-9-21/h4-13,17,19-20,30H,3,14-16,18H2,1-2H3. The summed E-state index contributed by atoms with van der Waals surface area (Å²) in [6.07, 6.45) is 3.30. The third kappa shape index (κ3) is 6.30. The van der Waals surface area contributed by atoms with Crippen molar-refractivity contribution in [2.24, 2.45) is 0 Å². The monoisotopic (exact) mass is 502 g/mol. The number of hydrogen-bond donors (Lipinski definition) is 1. The Labute approximate surface area is 214 Å². The first kappa shape index (κ1) is 25.4. The van der Waals surface area contributed by atoms with E-state index in [1.165, 1.54) is 0 Å². The van der Waals surface area contributed by atoms with Crippen LogP contribution in [0.2, 0.25) is 0 Å². The molecule has 0 aliphatic rings. The molecule has 0 aliphatic carbocycles. The van der Waals surface area contributed by atoms with E-state index < -0.39 is 11.0 Å². The Morgan fingerprint density at radius 3 is 2.58 bits per heavy atom. The van der Waals surface area contributed by atoms with Gasteiger partial charge in [0, 0.05) is 38.8 Å². The summed E-state index contributed by atoms with van der Waals surface area (Å²) in [4.78, 5) is 29.4. The predicted molar refractivity (Wildman–Crippen MR) is 144 cm³/mol. The maximum absolute atomic E-state index is 12.9. The first-order valence-electron chi connectivity index (χ1n) is 11.9. The lowest BCUT2D eigenvalue weighted by atomic mass is 10.1. The van der Waals surface area contributed by atoms with Crippen LogP contribution in [0, 0.1) is 0 Å². The number of nitrogens with zero attached hydrogens (tertiary/aromatic N) is 5. The average Bonchev–Trinajstić information content (AvgIpc) is 2.93. The molecule has 0 saturated heterocycles. The molecule has 0 bridgehead atoms. The Hall–Kier alpha value is -3.69. The van der Waals surface area contributed by atoms with Gasteiger partial charge in [-0.3, -0.25) is 4.79 Å². The molecule has 0 aliphatic heterocycles. The van der Waals surface area contributed by atoms with E-state index in [4.69, 9.17) is 4.98 Å². The Kier molecular flexibility index (Phi) is 8.70. The number of anilines is 1. The van der Waals surface area contributed by atoms with Gasteiger partial charge in [0.25, 0.3) is 0 Å². The highest BCUT2D eigenvalue weighted by Crippen LogP contribution is 2.26. The minimum absolute atomic E-state index is 0.513. The number of carbonyl (C=O) groups excluding carboxylic acids is 1. The van der Waals surface area contributed by atoms with Crippen LogP contribution in [0.1, 0.15) is 18.9 Å². The van der Waals surface area contributed by atoms with Crippen LogP contribution >= 0.6 is 0 Å². The van der Waals surface area contributed by atoms with Gasteiger partial charge >= 0.3 is 0 Å². The molecule has 1 atom stereocenters. The highest BCUT2D eigenvalue weighted by atomic mass is 32.2. The van der Waals surface area contributed by atoms with Crippen molar-refractivity contribution in [1.82, 2.24) is 24.6 Å². The summed E-state index contributed by atoms with van der Waals surface area (Å²) in [5.74, 6) is 0.743. The summed E-state index contributed by atoms with van der Waals surface area (Å²) < 4.78 is 16.0. The van der Waals surface area contributed by atoms with E-state index in [1.54, 1.807) is 18.3 Å². The molecular formula is C27H30N6O2S. The molecule has 0 saturated carbocycles. The molecule has 0 radical (unpaired) electrons. The first-order valence-corrected chi connectivity index (χ1v) is 13.1. The summed E-state index contributed by atoms with van der Waals surface area (Å²) >= 11 is 0. The zero-order chi connectivity index (χ0) is 25.3. The second-order valence-electron chi connectivity index (χ2n) is 8.44. The van der Waals surface area contributed by atoms with Crippen molar-refractivity contribution in [3.63, 3.8) is 0 Å². The van der Waals surface area contributed by atoms with Gasteiger partial charge in [-0.1, -0.05) is 49.4 Å². The van der Waals surface area contributed by atoms with Crippen molar-refractivity contribution in [1.29, 1.82) is 0 Å². The molecular weight excluding hydrogens is 472 g/mol. The number of benzene rings is 2. The third-order valence-corrected chi connectivity index (χ3v) is 6.84. The predicted octanol–water partition coefficient (Wildman–Crippen LogP) is 3.81. The van der Waals surface area contributed by atoms with E-state index >= 15 is 0 Å². The van der Waals surface area contributed by atoms with Gasteiger partial charge in [0.15, 0.2) is 5.82 Å². The van der Waals surface area contributed by atoms with Crippen LogP contribution in [0.4, 0.5) is 5.82 Å². The van der Waals surface area contributed by atoms with Gasteiger partial charge in [0.1, 0.15) is 22.8 Å². The number of fused-ring (bicyclic) bond motifs is 1. The minimum Gasteiger partial charge on any atom is -0.353 e. The van der Waals surface area contributed by atoms with Crippen LogP contribution < -0.4 is 9.62 Å². The lowest BCUT2D eigenvalue weighted by molar-refractivity contribution is -0.116. The molecule has 2 aromatic carbocycles. The first-order chi connectivity index (χ1) is 17.6. The fourth-order valence-corrected chi connectivity index (χ4v) is 4.74.